The molecule has 2 heterocycles. The summed E-state index contributed by atoms with van der Waals surface area (Å²) in [7, 11) is 0. The number of thioether (sulfide) groups is 1. The second-order valence-electron chi connectivity index (χ2n) is 6.00. The molecule has 2 saturated heterocycles. The second kappa shape index (κ2) is 5.94. The Morgan fingerprint density at radius 3 is 3.00 bits per heavy atom. The molecule has 2 aliphatic heterocycles. The van der Waals surface area contributed by atoms with Crippen molar-refractivity contribution in [3.63, 3.8) is 0 Å². The molecule has 0 aromatic heterocycles. The van der Waals surface area contributed by atoms with Crippen molar-refractivity contribution in [2.45, 2.75) is 57.6 Å². The van der Waals surface area contributed by atoms with Crippen molar-refractivity contribution >= 4 is 11.8 Å². The summed E-state index contributed by atoms with van der Waals surface area (Å²) in [6, 6.07) is 0.385. The molecule has 100 valence electrons. The highest BCUT2D eigenvalue weighted by molar-refractivity contribution is 7.99. The van der Waals surface area contributed by atoms with Gasteiger partial charge in [-0.3, -0.25) is 0 Å². The van der Waals surface area contributed by atoms with Crippen molar-refractivity contribution < 1.29 is 4.74 Å². The highest BCUT2D eigenvalue weighted by Crippen LogP contribution is 2.41. The summed E-state index contributed by atoms with van der Waals surface area (Å²) in [5.74, 6) is 3.92. The van der Waals surface area contributed by atoms with Crippen molar-refractivity contribution in [3.05, 3.63) is 0 Å². The molecule has 0 radical (unpaired) electrons. The third-order valence-corrected chi connectivity index (χ3v) is 5.80. The first kappa shape index (κ1) is 13.7. The maximum atomic E-state index is 6.41. The van der Waals surface area contributed by atoms with E-state index in [0.29, 0.717) is 12.0 Å². The van der Waals surface area contributed by atoms with E-state index in [0.717, 1.165) is 12.5 Å². The summed E-state index contributed by atoms with van der Waals surface area (Å²) in [5, 5.41) is 0. The first-order valence-corrected chi connectivity index (χ1v) is 8.28. The molecule has 4 unspecified atom stereocenters. The van der Waals surface area contributed by atoms with E-state index >= 15 is 0 Å². The van der Waals surface area contributed by atoms with Crippen LogP contribution < -0.4 is 5.73 Å². The van der Waals surface area contributed by atoms with Crippen LogP contribution in [0.2, 0.25) is 0 Å². The number of rotatable bonds is 4. The lowest BCUT2D eigenvalue weighted by Gasteiger charge is -2.40. The van der Waals surface area contributed by atoms with Gasteiger partial charge in [-0.1, -0.05) is 20.3 Å². The molecule has 3 heteroatoms. The number of nitrogens with two attached hydrogens (primary N) is 1. The van der Waals surface area contributed by atoms with Gasteiger partial charge in [0.2, 0.25) is 0 Å². The maximum absolute atomic E-state index is 6.41. The predicted molar refractivity (Wildman–Crippen MR) is 75.4 cm³/mol. The van der Waals surface area contributed by atoms with Crippen LogP contribution in [0.25, 0.3) is 0 Å². The van der Waals surface area contributed by atoms with Gasteiger partial charge in [-0.25, -0.2) is 0 Å². The average molecular weight is 257 g/mol. The van der Waals surface area contributed by atoms with Crippen LogP contribution in [0, 0.1) is 11.8 Å². The lowest BCUT2D eigenvalue weighted by molar-refractivity contribution is -0.0840. The zero-order valence-electron chi connectivity index (χ0n) is 11.3. The highest BCUT2D eigenvalue weighted by atomic mass is 32.2. The molecule has 0 aliphatic carbocycles. The molecule has 0 aromatic rings. The maximum Gasteiger partial charge on any atom is 0.0783 e. The molecular weight excluding hydrogens is 230 g/mol. The normalized spacial score (nSPS) is 37.2. The Balaban J connectivity index is 1.88. The average Bonchev–Trinajstić information content (AvgIpc) is 2.77. The zero-order chi connectivity index (χ0) is 12.3. The molecule has 0 bridgehead atoms. The van der Waals surface area contributed by atoms with Crippen molar-refractivity contribution in [2.24, 2.45) is 17.6 Å². The number of ether oxygens (including phenoxy) is 1. The third-order valence-electron chi connectivity index (χ3n) is 4.58. The van der Waals surface area contributed by atoms with Gasteiger partial charge >= 0.3 is 0 Å². The van der Waals surface area contributed by atoms with Gasteiger partial charge in [0, 0.05) is 18.4 Å². The fourth-order valence-electron chi connectivity index (χ4n) is 3.12. The Hall–Kier alpha value is 0.270. The van der Waals surface area contributed by atoms with Crippen LogP contribution in [0.4, 0.5) is 0 Å². The molecule has 2 nitrogen and oxygen atoms in total. The fourth-order valence-corrected chi connectivity index (χ4v) is 4.50. The quantitative estimate of drug-likeness (QED) is 0.840. The lowest BCUT2D eigenvalue weighted by Crippen LogP contribution is -2.45. The van der Waals surface area contributed by atoms with E-state index in [1.807, 2.05) is 11.8 Å². The van der Waals surface area contributed by atoms with Gasteiger partial charge < -0.3 is 10.5 Å². The van der Waals surface area contributed by atoms with E-state index in [9.17, 15) is 0 Å². The molecule has 2 fully saturated rings. The van der Waals surface area contributed by atoms with Crippen LogP contribution in [0.5, 0.6) is 0 Å². The van der Waals surface area contributed by atoms with Crippen LogP contribution in [0.3, 0.4) is 0 Å². The molecule has 2 rings (SSSR count). The summed E-state index contributed by atoms with van der Waals surface area (Å²) >= 11 is 2.05. The van der Waals surface area contributed by atoms with Crippen molar-refractivity contribution in [1.29, 1.82) is 0 Å². The minimum absolute atomic E-state index is 0.195. The molecule has 0 amide bonds. The topological polar surface area (TPSA) is 35.2 Å². The van der Waals surface area contributed by atoms with Crippen LogP contribution >= 0.6 is 11.8 Å². The number of hydrogen-bond acceptors (Lipinski definition) is 3. The van der Waals surface area contributed by atoms with E-state index < -0.39 is 0 Å². The Morgan fingerprint density at radius 2 is 2.35 bits per heavy atom. The minimum Gasteiger partial charge on any atom is -0.374 e. The monoisotopic (exact) mass is 257 g/mol. The van der Waals surface area contributed by atoms with E-state index in [1.54, 1.807) is 0 Å². The highest BCUT2D eigenvalue weighted by Gasteiger charge is 2.41. The van der Waals surface area contributed by atoms with Crippen molar-refractivity contribution in [3.8, 4) is 0 Å². The van der Waals surface area contributed by atoms with Crippen molar-refractivity contribution in [1.82, 2.24) is 0 Å². The van der Waals surface area contributed by atoms with Crippen LogP contribution in [0.1, 0.15) is 46.0 Å². The first-order chi connectivity index (χ1) is 8.15. The third kappa shape index (κ3) is 3.39. The summed E-state index contributed by atoms with van der Waals surface area (Å²) in [6.07, 6.45) is 6.05. The molecular formula is C14H27NOS. The van der Waals surface area contributed by atoms with E-state index in [4.69, 9.17) is 10.5 Å². The summed E-state index contributed by atoms with van der Waals surface area (Å²) < 4.78 is 6.06. The molecule has 2 N–H and O–H groups in total. The Kier molecular flexibility index (Phi) is 4.79. The molecule has 0 aromatic carbocycles. The predicted octanol–water partition coefficient (Wildman–Crippen LogP) is 3.05. The van der Waals surface area contributed by atoms with E-state index in [2.05, 4.69) is 13.8 Å². The zero-order valence-corrected chi connectivity index (χ0v) is 12.1. The van der Waals surface area contributed by atoms with Gasteiger partial charge in [-0.15, -0.1) is 0 Å². The minimum atomic E-state index is 0.195. The Labute approximate surface area is 110 Å². The fraction of sp³-hybridized carbons (Fsp3) is 1.00. The van der Waals surface area contributed by atoms with Gasteiger partial charge in [0.1, 0.15) is 0 Å². The van der Waals surface area contributed by atoms with E-state index in [1.165, 1.54) is 43.6 Å². The van der Waals surface area contributed by atoms with E-state index in [-0.39, 0.29) is 5.60 Å². The Morgan fingerprint density at radius 1 is 1.53 bits per heavy atom. The van der Waals surface area contributed by atoms with Gasteiger partial charge in [0.25, 0.3) is 0 Å². The molecule has 1 spiro atoms. The SMILES string of the molecule is CCC(C)CC(N)C1CCOC2(CCSC2)C1. The van der Waals surface area contributed by atoms with Crippen molar-refractivity contribution in [2.75, 3.05) is 18.1 Å². The lowest BCUT2D eigenvalue weighted by atomic mass is 9.79. The van der Waals surface area contributed by atoms with Gasteiger partial charge in [-0.2, -0.15) is 11.8 Å². The summed E-state index contributed by atoms with van der Waals surface area (Å²) in [5.41, 5.74) is 6.61. The standard InChI is InChI=1S/C14H27NOS/c1-3-11(2)8-13(15)12-4-6-16-14(9-12)5-7-17-10-14/h11-13H,3-10,15H2,1-2H3. The van der Waals surface area contributed by atoms with Gasteiger partial charge in [0.05, 0.1) is 5.60 Å². The molecule has 17 heavy (non-hydrogen) atoms. The van der Waals surface area contributed by atoms with Crippen LogP contribution in [-0.2, 0) is 4.74 Å². The van der Waals surface area contributed by atoms with Crippen LogP contribution in [-0.4, -0.2) is 29.8 Å². The van der Waals surface area contributed by atoms with Gasteiger partial charge in [-0.05, 0) is 43.3 Å². The molecule has 4 atom stereocenters. The summed E-state index contributed by atoms with van der Waals surface area (Å²) in [4.78, 5) is 0. The largest absolute Gasteiger partial charge is 0.374 e. The first-order valence-electron chi connectivity index (χ1n) is 7.12. The Bertz CT molecular complexity index is 240. The van der Waals surface area contributed by atoms with Crippen LogP contribution in [0.15, 0.2) is 0 Å². The second-order valence-corrected chi connectivity index (χ2v) is 7.11. The molecule has 2 aliphatic rings. The summed E-state index contributed by atoms with van der Waals surface area (Å²) in [6.45, 7) is 5.51. The van der Waals surface area contributed by atoms with Gasteiger partial charge in [0.15, 0.2) is 0 Å². The smallest absolute Gasteiger partial charge is 0.0783 e. The number of hydrogen-bond donors (Lipinski definition) is 1. The molecule has 0 saturated carbocycles.